The maximum absolute atomic E-state index is 5.24. The van der Waals surface area contributed by atoms with Crippen LogP contribution in [-0.4, -0.2) is 11.2 Å². The van der Waals surface area contributed by atoms with Crippen LogP contribution in [0.25, 0.3) is 0 Å². The highest BCUT2D eigenvalue weighted by atomic mass is 32.1. The van der Waals surface area contributed by atoms with E-state index in [1.54, 1.807) is 0 Å². The van der Waals surface area contributed by atoms with Gasteiger partial charge in [-0.15, -0.1) is 0 Å². The van der Waals surface area contributed by atoms with Crippen LogP contribution in [-0.2, 0) is 0 Å². The van der Waals surface area contributed by atoms with E-state index >= 15 is 0 Å². The Morgan fingerprint density at radius 1 is 1.18 bits per heavy atom. The lowest BCUT2D eigenvalue weighted by Gasteiger charge is -2.15. The second-order valence-electron chi connectivity index (χ2n) is 4.68. The molecule has 94 valence electrons. The number of benzene rings is 1. The molecule has 0 unspecified atom stereocenters. The highest BCUT2D eigenvalue weighted by Gasteiger charge is 2.02. The van der Waals surface area contributed by atoms with Crippen LogP contribution in [0.15, 0.2) is 24.3 Å². The topological polar surface area (TPSA) is 24.1 Å². The zero-order valence-electron chi connectivity index (χ0n) is 11.1. The molecule has 2 nitrogen and oxygen atoms in total. The van der Waals surface area contributed by atoms with E-state index in [1.165, 1.54) is 5.56 Å². The predicted octanol–water partition coefficient (Wildman–Crippen LogP) is 3.89. The van der Waals surface area contributed by atoms with Crippen molar-refractivity contribution in [1.82, 2.24) is 5.32 Å². The van der Waals surface area contributed by atoms with Gasteiger partial charge >= 0.3 is 0 Å². The van der Waals surface area contributed by atoms with Crippen LogP contribution in [0.5, 0.6) is 0 Å². The first-order valence-corrected chi connectivity index (χ1v) is 6.61. The number of hydrogen-bond donors (Lipinski definition) is 2. The molecule has 0 aliphatic heterocycles. The standard InChI is InChI=1S/C14H22N2S/c1-5-11(4)15-14(17)16-13-8-6-12(7-9-13)10(2)3/h6-11H,5H2,1-4H3,(H2,15,16,17)/t11-/m0/s1. The molecule has 0 heterocycles. The quantitative estimate of drug-likeness (QED) is 0.793. The summed E-state index contributed by atoms with van der Waals surface area (Å²) in [6.45, 7) is 8.64. The Morgan fingerprint density at radius 2 is 1.76 bits per heavy atom. The summed E-state index contributed by atoms with van der Waals surface area (Å²) in [5.41, 5.74) is 2.38. The van der Waals surface area contributed by atoms with Gasteiger partial charge in [0, 0.05) is 11.7 Å². The number of nitrogens with one attached hydrogen (secondary N) is 2. The molecule has 0 saturated heterocycles. The lowest BCUT2D eigenvalue weighted by atomic mass is 10.0. The van der Waals surface area contributed by atoms with Gasteiger partial charge in [-0.25, -0.2) is 0 Å². The molecule has 3 heteroatoms. The summed E-state index contributed by atoms with van der Waals surface area (Å²) in [6.07, 6.45) is 1.06. The molecule has 0 radical (unpaired) electrons. The van der Waals surface area contributed by atoms with Gasteiger partial charge in [0.1, 0.15) is 0 Å². The molecule has 0 spiro atoms. The maximum Gasteiger partial charge on any atom is 0.170 e. The van der Waals surface area contributed by atoms with Crippen LogP contribution in [0.4, 0.5) is 5.69 Å². The van der Waals surface area contributed by atoms with E-state index in [1.807, 2.05) is 0 Å². The second-order valence-corrected chi connectivity index (χ2v) is 5.09. The van der Waals surface area contributed by atoms with Gasteiger partial charge in [-0.2, -0.15) is 0 Å². The summed E-state index contributed by atoms with van der Waals surface area (Å²) in [4.78, 5) is 0. The molecular formula is C14H22N2S. The Kier molecular flexibility index (Phi) is 5.42. The molecule has 0 aromatic heterocycles. The van der Waals surface area contributed by atoms with Crippen molar-refractivity contribution in [3.8, 4) is 0 Å². The zero-order valence-corrected chi connectivity index (χ0v) is 11.9. The highest BCUT2D eigenvalue weighted by molar-refractivity contribution is 7.80. The van der Waals surface area contributed by atoms with Crippen LogP contribution in [0.2, 0.25) is 0 Å². The second kappa shape index (κ2) is 6.60. The van der Waals surface area contributed by atoms with E-state index in [4.69, 9.17) is 12.2 Å². The van der Waals surface area contributed by atoms with Crippen LogP contribution < -0.4 is 10.6 Å². The van der Waals surface area contributed by atoms with E-state index in [-0.39, 0.29) is 0 Å². The fraction of sp³-hybridized carbons (Fsp3) is 0.500. The minimum Gasteiger partial charge on any atom is -0.360 e. The van der Waals surface area contributed by atoms with Crippen molar-refractivity contribution in [2.75, 3.05) is 5.32 Å². The average Bonchev–Trinajstić information content (AvgIpc) is 2.29. The normalized spacial score (nSPS) is 12.3. The molecular weight excluding hydrogens is 228 g/mol. The lowest BCUT2D eigenvalue weighted by molar-refractivity contribution is 0.646. The summed E-state index contributed by atoms with van der Waals surface area (Å²) in [7, 11) is 0. The molecule has 0 saturated carbocycles. The van der Waals surface area contributed by atoms with Crippen molar-refractivity contribution in [2.45, 2.75) is 46.1 Å². The van der Waals surface area contributed by atoms with Gasteiger partial charge < -0.3 is 10.6 Å². The molecule has 0 aliphatic carbocycles. The summed E-state index contributed by atoms with van der Waals surface area (Å²) in [5.74, 6) is 0.564. The Bertz CT molecular complexity index is 357. The van der Waals surface area contributed by atoms with E-state index < -0.39 is 0 Å². The van der Waals surface area contributed by atoms with Crippen molar-refractivity contribution in [2.24, 2.45) is 0 Å². The van der Waals surface area contributed by atoms with Crippen molar-refractivity contribution < 1.29 is 0 Å². The van der Waals surface area contributed by atoms with Crippen molar-refractivity contribution in [1.29, 1.82) is 0 Å². The highest BCUT2D eigenvalue weighted by Crippen LogP contribution is 2.16. The van der Waals surface area contributed by atoms with Crippen molar-refractivity contribution >= 4 is 23.0 Å². The van der Waals surface area contributed by atoms with Gasteiger partial charge in [0.15, 0.2) is 5.11 Å². The van der Waals surface area contributed by atoms with E-state index in [0.717, 1.165) is 12.1 Å². The largest absolute Gasteiger partial charge is 0.360 e. The van der Waals surface area contributed by atoms with Gasteiger partial charge in [0.25, 0.3) is 0 Å². The first-order chi connectivity index (χ1) is 8.02. The lowest BCUT2D eigenvalue weighted by Crippen LogP contribution is -2.35. The number of hydrogen-bond acceptors (Lipinski definition) is 1. The van der Waals surface area contributed by atoms with Gasteiger partial charge in [-0.05, 0) is 49.2 Å². The van der Waals surface area contributed by atoms with Crippen molar-refractivity contribution in [3.63, 3.8) is 0 Å². The molecule has 0 fully saturated rings. The average molecular weight is 250 g/mol. The Labute approximate surface area is 110 Å². The van der Waals surface area contributed by atoms with Crippen LogP contribution in [0.1, 0.15) is 45.6 Å². The zero-order chi connectivity index (χ0) is 12.8. The van der Waals surface area contributed by atoms with E-state index in [0.29, 0.717) is 17.1 Å². The number of thiocarbonyl (C=S) groups is 1. The van der Waals surface area contributed by atoms with E-state index in [2.05, 4.69) is 62.6 Å². The van der Waals surface area contributed by atoms with Crippen LogP contribution in [0.3, 0.4) is 0 Å². The molecule has 1 aromatic rings. The maximum atomic E-state index is 5.24. The van der Waals surface area contributed by atoms with Crippen LogP contribution in [0, 0.1) is 0 Å². The molecule has 17 heavy (non-hydrogen) atoms. The first-order valence-electron chi connectivity index (χ1n) is 6.20. The third-order valence-electron chi connectivity index (χ3n) is 2.83. The summed E-state index contributed by atoms with van der Waals surface area (Å²) in [5, 5.41) is 7.12. The first kappa shape index (κ1) is 14.0. The SMILES string of the molecule is CC[C@H](C)NC(=S)Nc1ccc(C(C)C)cc1. The Morgan fingerprint density at radius 3 is 2.24 bits per heavy atom. The number of rotatable bonds is 4. The molecule has 1 aromatic carbocycles. The van der Waals surface area contributed by atoms with E-state index in [9.17, 15) is 0 Å². The third kappa shape index (κ3) is 4.73. The fourth-order valence-electron chi connectivity index (χ4n) is 1.44. The summed E-state index contributed by atoms with van der Waals surface area (Å²) in [6, 6.07) is 8.82. The van der Waals surface area contributed by atoms with Gasteiger partial charge in [0.05, 0.1) is 0 Å². The summed E-state index contributed by atoms with van der Waals surface area (Å²) >= 11 is 5.24. The van der Waals surface area contributed by atoms with Crippen molar-refractivity contribution in [3.05, 3.63) is 29.8 Å². The molecule has 1 rings (SSSR count). The van der Waals surface area contributed by atoms with Gasteiger partial charge in [-0.3, -0.25) is 0 Å². The molecule has 2 N–H and O–H groups in total. The fourth-order valence-corrected chi connectivity index (χ4v) is 1.76. The molecule has 0 aliphatic rings. The predicted molar refractivity (Wildman–Crippen MR) is 79.6 cm³/mol. The minimum atomic E-state index is 0.407. The Hall–Kier alpha value is -1.09. The minimum absolute atomic E-state index is 0.407. The monoisotopic (exact) mass is 250 g/mol. The summed E-state index contributed by atoms with van der Waals surface area (Å²) < 4.78 is 0. The van der Waals surface area contributed by atoms with Gasteiger partial charge in [0.2, 0.25) is 0 Å². The third-order valence-corrected chi connectivity index (χ3v) is 3.04. The molecule has 1 atom stereocenters. The molecule has 0 amide bonds. The number of anilines is 1. The van der Waals surface area contributed by atoms with Crippen LogP contribution >= 0.6 is 12.2 Å². The smallest absolute Gasteiger partial charge is 0.170 e. The van der Waals surface area contributed by atoms with Gasteiger partial charge in [-0.1, -0.05) is 32.9 Å². The Balaban J connectivity index is 2.54. The molecule has 0 bridgehead atoms.